The number of hydrogen-bond donors (Lipinski definition) is 0. The minimum Gasteiger partial charge on any atom is -0.465 e. The number of rotatable bonds is 4. The summed E-state index contributed by atoms with van der Waals surface area (Å²) in [4.78, 5) is 18.9. The SMILES string of the molecule is CCOC(=O)C1(c2nc(N3CCCCCC3)no2)CCC1. The molecule has 0 unspecified atom stereocenters. The first-order valence-corrected chi connectivity index (χ1v) is 8.02. The fourth-order valence-corrected chi connectivity index (χ4v) is 3.11. The maximum absolute atomic E-state index is 12.2. The van der Waals surface area contributed by atoms with Gasteiger partial charge in [0.15, 0.2) is 0 Å². The van der Waals surface area contributed by atoms with E-state index in [-0.39, 0.29) is 5.97 Å². The average Bonchev–Trinajstić information content (AvgIpc) is 2.74. The molecule has 0 bridgehead atoms. The van der Waals surface area contributed by atoms with Crippen molar-refractivity contribution in [2.75, 3.05) is 24.6 Å². The molecule has 6 heteroatoms. The van der Waals surface area contributed by atoms with Gasteiger partial charge in [-0.25, -0.2) is 0 Å². The maximum Gasteiger partial charge on any atom is 0.321 e. The van der Waals surface area contributed by atoms with E-state index in [1.165, 1.54) is 12.8 Å². The zero-order valence-electron chi connectivity index (χ0n) is 12.6. The van der Waals surface area contributed by atoms with E-state index in [0.717, 1.165) is 45.2 Å². The van der Waals surface area contributed by atoms with Gasteiger partial charge in [-0.05, 0) is 37.8 Å². The fraction of sp³-hybridized carbons (Fsp3) is 0.800. The largest absolute Gasteiger partial charge is 0.465 e. The smallest absolute Gasteiger partial charge is 0.321 e. The molecule has 0 radical (unpaired) electrons. The van der Waals surface area contributed by atoms with Gasteiger partial charge in [-0.2, -0.15) is 4.98 Å². The highest BCUT2D eigenvalue weighted by atomic mass is 16.5. The standard InChI is InChI=1S/C15H23N3O3/c1-2-20-13(19)15(8-7-9-15)12-16-14(17-21-12)18-10-5-3-4-6-11-18/h2-11H2,1H3. The summed E-state index contributed by atoms with van der Waals surface area (Å²) in [7, 11) is 0. The van der Waals surface area contributed by atoms with Gasteiger partial charge in [0.2, 0.25) is 5.89 Å². The second-order valence-corrected chi connectivity index (χ2v) is 5.96. The van der Waals surface area contributed by atoms with Crippen LogP contribution >= 0.6 is 0 Å². The Morgan fingerprint density at radius 2 is 1.95 bits per heavy atom. The minimum absolute atomic E-state index is 0.220. The second kappa shape index (κ2) is 6.03. The van der Waals surface area contributed by atoms with Crippen molar-refractivity contribution in [2.24, 2.45) is 0 Å². The van der Waals surface area contributed by atoms with Gasteiger partial charge in [0.1, 0.15) is 5.41 Å². The van der Waals surface area contributed by atoms with Crippen molar-refractivity contribution < 1.29 is 14.1 Å². The summed E-state index contributed by atoms with van der Waals surface area (Å²) in [6.45, 7) is 4.13. The Balaban J connectivity index is 1.78. The first-order valence-electron chi connectivity index (χ1n) is 8.02. The first-order chi connectivity index (χ1) is 10.3. The molecule has 0 atom stereocenters. The van der Waals surface area contributed by atoms with E-state index < -0.39 is 5.41 Å². The van der Waals surface area contributed by atoms with E-state index in [9.17, 15) is 4.79 Å². The molecular formula is C15H23N3O3. The lowest BCUT2D eigenvalue weighted by atomic mass is 9.68. The van der Waals surface area contributed by atoms with Gasteiger partial charge in [0.05, 0.1) is 6.61 Å². The molecule has 1 saturated carbocycles. The Hall–Kier alpha value is -1.59. The third-order valence-electron chi connectivity index (χ3n) is 4.59. The van der Waals surface area contributed by atoms with Crippen LogP contribution in [0.5, 0.6) is 0 Å². The van der Waals surface area contributed by atoms with Crippen LogP contribution in [0.2, 0.25) is 0 Å². The van der Waals surface area contributed by atoms with E-state index in [2.05, 4.69) is 15.0 Å². The average molecular weight is 293 g/mol. The van der Waals surface area contributed by atoms with Crippen molar-refractivity contribution in [2.45, 2.75) is 57.3 Å². The Morgan fingerprint density at radius 1 is 1.24 bits per heavy atom. The molecule has 21 heavy (non-hydrogen) atoms. The lowest BCUT2D eigenvalue weighted by Gasteiger charge is -2.35. The summed E-state index contributed by atoms with van der Waals surface area (Å²) in [6.07, 6.45) is 7.32. The number of carbonyl (C=O) groups excluding carboxylic acids is 1. The van der Waals surface area contributed by atoms with Crippen molar-refractivity contribution in [1.29, 1.82) is 0 Å². The van der Waals surface area contributed by atoms with Gasteiger partial charge in [0, 0.05) is 13.1 Å². The van der Waals surface area contributed by atoms with Crippen LogP contribution in [0.3, 0.4) is 0 Å². The highest BCUT2D eigenvalue weighted by Gasteiger charge is 2.52. The Bertz CT molecular complexity index is 488. The lowest BCUT2D eigenvalue weighted by molar-refractivity contribution is -0.155. The first kappa shape index (κ1) is 14.4. The van der Waals surface area contributed by atoms with Gasteiger partial charge in [0.25, 0.3) is 5.95 Å². The van der Waals surface area contributed by atoms with E-state index in [4.69, 9.17) is 9.26 Å². The molecule has 6 nitrogen and oxygen atoms in total. The summed E-state index contributed by atoms with van der Waals surface area (Å²) < 4.78 is 10.6. The maximum atomic E-state index is 12.2. The van der Waals surface area contributed by atoms with Crippen molar-refractivity contribution >= 4 is 11.9 Å². The third-order valence-corrected chi connectivity index (χ3v) is 4.59. The van der Waals surface area contributed by atoms with Gasteiger partial charge in [-0.15, -0.1) is 0 Å². The van der Waals surface area contributed by atoms with Gasteiger partial charge < -0.3 is 14.2 Å². The quantitative estimate of drug-likeness (QED) is 0.794. The zero-order valence-corrected chi connectivity index (χ0v) is 12.6. The highest BCUT2D eigenvalue weighted by Crippen LogP contribution is 2.44. The summed E-state index contributed by atoms with van der Waals surface area (Å²) in [6, 6.07) is 0. The summed E-state index contributed by atoms with van der Waals surface area (Å²) in [5.41, 5.74) is -0.687. The van der Waals surface area contributed by atoms with Crippen LogP contribution in [-0.4, -0.2) is 35.8 Å². The molecule has 0 aromatic carbocycles. The normalized spacial score (nSPS) is 21.5. The number of nitrogens with zero attached hydrogens (tertiary/aromatic N) is 3. The molecule has 2 fully saturated rings. The van der Waals surface area contributed by atoms with Crippen LogP contribution in [0.1, 0.15) is 57.8 Å². The molecule has 3 rings (SSSR count). The van der Waals surface area contributed by atoms with Crippen LogP contribution in [0.25, 0.3) is 0 Å². The second-order valence-electron chi connectivity index (χ2n) is 5.96. The van der Waals surface area contributed by atoms with Crippen molar-refractivity contribution in [1.82, 2.24) is 10.1 Å². The predicted octanol–water partition coefficient (Wildman–Crippen LogP) is 2.43. The number of carbonyl (C=O) groups is 1. The van der Waals surface area contributed by atoms with Crippen molar-refractivity contribution in [3.63, 3.8) is 0 Å². The van der Waals surface area contributed by atoms with E-state index in [1.54, 1.807) is 0 Å². The number of aromatic nitrogens is 2. The van der Waals surface area contributed by atoms with Gasteiger partial charge in [-0.1, -0.05) is 19.3 Å². The molecule has 1 aliphatic heterocycles. The van der Waals surface area contributed by atoms with Gasteiger partial charge >= 0.3 is 5.97 Å². The number of ether oxygens (including phenoxy) is 1. The third kappa shape index (κ3) is 2.63. The molecule has 1 aromatic rings. The number of anilines is 1. The number of hydrogen-bond acceptors (Lipinski definition) is 6. The van der Waals surface area contributed by atoms with E-state index >= 15 is 0 Å². The highest BCUT2D eigenvalue weighted by molar-refractivity contribution is 5.83. The van der Waals surface area contributed by atoms with E-state index in [0.29, 0.717) is 18.4 Å². The zero-order chi connectivity index (χ0) is 14.7. The molecule has 0 amide bonds. The Morgan fingerprint density at radius 3 is 2.52 bits per heavy atom. The Labute approximate surface area is 124 Å². The molecule has 0 spiro atoms. The topological polar surface area (TPSA) is 68.5 Å². The van der Waals surface area contributed by atoms with Crippen molar-refractivity contribution in [3.8, 4) is 0 Å². The molecule has 0 N–H and O–H groups in total. The summed E-state index contributed by atoms with van der Waals surface area (Å²) in [5, 5.41) is 4.10. The van der Waals surface area contributed by atoms with E-state index in [1.807, 2.05) is 6.92 Å². The predicted molar refractivity (Wildman–Crippen MR) is 77.1 cm³/mol. The summed E-state index contributed by atoms with van der Waals surface area (Å²) >= 11 is 0. The van der Waals surface area contributed by atoms with Crippen LogP contribution < -0.4 is 4.90 Å². The number of esters is 1. The Kier molecular flexibility index (Phi) is 4.12. The van der Waals surface area contributed by atoms with Crippen LogP contribution in [-0.2, 0) is 14.9 Å². The van der Waals surface area contributed by atoms with Crippen LogP contribution in [0, 0.1) is 0 Å². The minimum atomic E-state index is -0.687. The molecule has 2 heterocycles. The van der Waals surface area contributed by atoms with Crippen LogP contribution in [0.15, 0.2) is 4.52 Å². The monoisotopic (exact) mass is 293 g/mol. The fourth-order valence-electron chi connectivity index (χ4n) is 3.11. The summed E-state index contributed by atoms with van der Waals surface area (Å²) in [5.74, 6) is 0.844. The van der Waals surface area contributed by atoms with Crippen molar-refractivity contribution in [3.05, 3.63) is 5.89 Å². The molecule has 116 valence electrons. The molecule has 1 aromatic heterocycles. The molecule has 1 saturated heterocycles. The van der Waals surface area contributed by atoms with Gasteiger partial charge in [-0.3, -0.25) is 4.79 Å². The lowest BCUT2D eigenvalue weighted by Crippen LogP contribution is -2.44. The molecule has 1 aliphatic carbocycles. The molecular weight excluding hydrogens is 270 g/mol. The molecule has 2 aliphatic rings. The van der Waals surface area contributed by atoms with Crippen LogP contribution in [0.4, 0.5) is 5.95 Å².